The second-order valence-electron chi connectivity index (χ2n) is 2.60. The number of nitro groups is 1. The zero-order chi connectivity index (χ0) is 10.0. The fourth-order valence-electron chi connectivity index (χ4n) is 0.936. The third-order valence-electron chi connectivity index (χ3n) is 1.49. The van der Waals surface area contributed by atoms with E-state index in [4.69, 9.17) is 5.73 Å². The lowest BCUT2D eigenvalue weighted by atomic mass is 10.2. The molecule has 1 heterocycles. The van der Waals surface area contributed by atoms with Gasteiger partial charge in [-0.05, 0) is 22.9 Å². The molecule has 1 aromatic heterocycles. The summed E-state index contributed by atoms with van der Waals surface area (Å²) < 4.78 is 0.573. The number of nitrogens with two attached hydrogens (primary N) is 1. The Kier molecular flexibility index (Phi) is 2.94. The minimum absolute atomic E-state index is 0.0515. The van der Waals surface area contributed by atoms with E-state index >= 15 is 0 Å². The Morgan fingerprint density at radius 2 is 2.38 bits per heavy atom. The summed E-state index contributed by atoms with van der Waals surface area (Å²) in [5.74, 6) is 0. The third kappa shape index (κ3) is 2.22. The highest BCUT2D eigenvalue weighted by molar-refractivity contribution is 9.10. The van der Waals surface area contributed by atoms with Crippen molar-refractivity contribution >= 4 is 21.6 Å². The van der Waals surface area contributed by atoms with E-state index in [1.807, 2.05) is 0 Å². The molecule has 0 aliphatic heterocycles. The Morgan fingerprint density at radius 1 is 1.77 bits per heavy atom. The van der Waals surface area contributed by atoms with E-state index in [1.165, 1.54) is 12.3 Å². The normalized spacial score (nSPS) is 12.5. The molecule has 0 amide bonds. The quantitative estimate of drug-likeness (QED) is 0.636. The van der Waals surface area contributed by atoms with Gasteiger partial charge in [0.05, 0.1) is 11.0 Å². The monoisotopic (exact) mass is 245 g/mol. The molecule has 1 unspecified atom stereocenters. The molecule has 13 heavy (non-hydrogen) atoms. The maximum absolute atomic E-state index is 10.6. The molecule has 1 rings (SSSR count). The minimum atomic E-state index is -0.490. The Bertz CT molecular complexity index is 341. The molecule has 1 aromatic rings. The van der Waals surface area contributed by atoms with Crippen molar-refractivity contribution < 1.29 is 4.92 Å². The molecule has 1 atom stereocenters. The van der Waals surface area contributed by atoms with Crippen LogP contribution in [0.15, 0.2) is 16.7 Å². The first-order valence-electron chi connectivity index (χ1n) is 3.57. The average molecular weight is 246 g/mol. The summed E-state index contributed by atoms with van der Waals surface area (Å²) >= 11 is 3.11. The van der Waals surface area contributed by atoms with Gasteiger partial charge >= 0.3 is 0 Å². The SMILES string of the molecule is CC(N)c1ncc(Br)cc1[N+](=O)[O-]. The molecule has 0 spiro atoms. The van der Waals surface area contributed by atoms with Crippen molar-refractivity contribution in [2.75, 3.05) is 0 Å². The molecular formula is C7H8BrN3O2. The minimum Gasteiger partial charge on any atom is -0.323 e. The van der Waals surface area contributed by atoms with Gasteiger partial charge in [-0.25, -0.2) is 0 Å². The highest BCUT2D eigenvalue weighted by Gasteiger charge is 2.18. The number of hydrogen-bond donors (Lipinski definition) is 1. The summed E-state index contributed by atoms with van der Waals surface area (Å²) in [6.45, 7) is 1.66. The number of aromatic nitrogens is 1. The second-order valence-corrected chi connectivity index (χ2v) is 3.52. The standard InChI is InChI=1S/C7H8BrN3O2/c1-4(9)7-6(11(12)13)2-5(8)3-10-7/h2-4H,9H2,1H3. The summed E-state index contributed by atoms with van der Waals surface area (Å²) in [6.07, 6.45) is 1.49. The van der Waals surface area contributed by atoms with Gasteiger partial charge in [0, 0.05) is 16.7 Å². The highest BCUT2D eigenvalue weighted by Crippen LogP contribution is 2.24. The van der Waals surface area contributed by atoms with E-state index < -0.39 is 11.0 Å². The van der Waals surface area contributed by atoms with Crippen molar-refractivity contribution in [1.82, 2.24) is 4.98 Å². The van der Waals surface area contributed by atoms with Crippen LogP contribution in [0.1, 0.15) is 18.7 Å². The van der Waals surface area contributed by atoms with Crippen LogP contribution in [-0.2, 0) is 0 Å². The molecule has 0 aliphatic carbocycles. The van der Waals surface area contributed by atoms with Gasteiger partial charge in [0.25, 0.3) is 5.69 Å². The molecular weight excluding hydrogens is 238 g/mol. The van der Waals surface area contributed by atoms with Crippen molar-refractivity contribution in [1.29, 1.82) is 0 Å². The van der Waals surface area contributed by atoms with Gasteiger partial charge in [0.15, 0.2) is 0 Å². The second kappa shape index (κ2) is 3.80. The molecule has 70 valence electrons. The topological polar surface area (TPSA) is 82.0 Å². The van der Waals surface area contributed by atoms with E-state index in [0.29, 0.717) is 10.2 Å². The summed E-state index contributed by atoms with van der Waals surface area (Å²) in [4.78, 5) is 14.0. The van der Waals surface area contributed by atoms with Crippen LogP contribution in [0.2, 0.25) is 0 Å². The van der Waals surface area contributed by atoms with Crippen molar-refractivity contribution in [3.63, 3.8) is 0 Å². The van der Waals surface area contributed by atoms with Gasteiger partial charge < -0.3 is 5.73 Å². The Morgan fingerprint density at radius 3 is 2.85 bits per heavy atom. The predicted octanol–water partition coefficient (Wildman–Crippen LogP) is 1.77. The zero-order valence-electron chi connectivity index (χ0n) is 6.90. The van der Waals surface area contributed by atoms with Crippen LogP contribution in [-0.4, -0.2) is 9.91 Å². The van der Waals surface area contributed by atoms with Crippen LogP contribution in [0.5, 0.6) is 0 Å². The fourth-order valence-corrected chi connectivity index (χ4v) is 1.26. The van der Waals surface area contributed by atoms with Crippen LogP contribution in [0.25, 0.3) is 0 Å². The maximum Gasteiger partial charge on any atom is 0.293 e. The molecule has 0 saturated carbocycles. The molecule has 0 saturated heterocycles. The average Bonchev–Trinajstić information content (AvgIpc) is 2.03. The first-order valence-corrected chi connectivity index (χ1v) is 4.37. The van der Waals surface area contributed by atoms with Gasteiger partial charge in [-0.15, -0.1) is 0 Å². The molecule has 0 radical (unpaired) electrons. The summed E-state index contributed by atoms with van der Waals surface area (Å²) in [7, 11) is 0. The molecule has 2 N–H and O–H groups in total. The number of hydrogen-bond acceptors (Lipinski definition) is 4. The van der Waals surface area contributed by atoms with Gasteiger partial charge in [0.2, 0.25) is 0 Å². The van der Waals surface area contributed by atoms with Crippen molar-refractivity contribution in [3.8, 4) is 0 Å². The van der Waals surface area contributed by atoms with Crippen LogP contribution >= 0.6 is 15.9 Å². The number of nitrogens with zero attached hydrogens (tertiary/aromatic N) is 2. The number of halogens is 1. The summed E-state index contributed by atoms with van der Waals surface area (Å²) in [6, 6.07) is 0.958. The Labute approximate surface area is 83.2 Å². The van der Waals surface area contributed by atoms with E-state index in [0.717, 1.165) is 0 Å². The van der Waals surface area contributed by atoms with E-state index in [9.17, 15) is 10.1 Å². The van der Waals surface area contributed by atoms with Gasteiger partial charge in [0.1, 0.15) is 5.69 Å². The molecule has 0 aliphatic rings. The van der Waals surface area contributed by atoms with E-state index in [1.54, 1.807) is 6.92 Å². The van der Waals surface area contributed by atoms with E-state index in [2.05, 4.69) is 20.9 Å². The van der Waals surface area contributed by atoms with E-state index in [-0.39, 0.29) is 5.69 Å². The van der Waals surface area contributed by atoms with Gasteiger partial charge in [-0.2, -0.15) is 0 Å². The highest BCUT2D eigenvalue weighted by atomic mass is 79.9. The molecule has 6 heteroatoms. The Balaban J connectivity index is 3.27. The van der Waals surface area contributed by atoms with Crippen molar-refractivity contribution in [3.05, 3.63) is 32.5 Å². The number of rotatable bonds is 2. The molecule has 0 bridgehead atoms. The lowest BCUT2D eigenvalue weighted by Crippen LogP contribution is -2.10. The van der Waals surface area contributed by atoms with Crippen LogP contribution < -0.4 is 5.73 Å². The largest absolute Gasteiger partial charge is 0.323 e. The van der Waals surface area contributed by atoms with Gasteiger partial charge in [-0.1, -0.05) is 0 Å². The predicted molar refractivity (Wildman–Crippen MR) is 51.2 cm³/mol. The molecule has 5 nitrogen and oxygen atoms in total. The van der Waals surface area contributed by atoms with Crippen LogP contribution in [0, 0.1) is 10.1 Å². The zero-order valence-corrected chi connectivity index (χ0v) is 8.48. The van der Waals surface area contributed by atoms with Crippen LogP contribution in [0.3, 0.4) is 0 Å². The van der Waals surface area contributed by atoms with Crippen molar-refractivity contribution in [2.24, 2.45) is 5.73 Å². The lowest BCUT2D eigenvalue weighted by molar-refractivity contribution is -0.386. The maximum atomic E-state index is 10.6. The first-order chi connectivity index (χ1) is 6.02. The molecule has 0 fully saturated rings. The summed E-state index contributed by atoms with van der Waals surface area (Å²) in [5, 5.41) is 10.6. The van der Waals surface area contributed by atoms with Crippen molar-refractivity contribution in [2.45, 2.75) is 13.0 Å². The third-order valence-corrected chi connectivity index (χ3v) is 1.93. The lowest BCUT2D eigenvalue weighted by Gasteiger charge is -2.04. The van der Waals surface area contributed by atoms with Crippen LogP contribution in [0.4, 0.5) is 5.69 Å². The van der Waals surface area contributed by atoms with Gasteiger partial charge in [-0.3, -0.25) is 15.1 Å². The summed E-state index contributed by atoms with van der Waals surface area (Å²) in [5.41, 5.74) is 5.77. The number of pyridine rings is 1. The Hall–Kier alpha value is -1.01. The fraction of sp³-hybridized carbons (Fsp3) is 0.286. The first kappa shape index (κ1) is 10.1. The smallest absolute Gasteiger partial charge is 0.293 e. The molecule has 0 aromatic carbocycles.